The van der Waals surface area contributed by atoms with Gasteiger partial charge in [-0.05, 0) is 45.4 Å². The average molecular weight is 353 g/mol. The van der Waals surface area contributed by atoms with Crippen LogP contribution in [0.15, 0.2) is 12.1 Å². The van der Waals surface area contributed by atoms with E-state index in [0.29, 0.717) is 22.6 Å². The second kappa shape index (κ2) is 8.71. The van der Waals surface area contributed by atoms with Crippen LogP contribution in [0.2, 0.25) is 0 Å². The van der Waals surface area contributed by atoms with Crippen LogP contribution in [0, 0.1) is 6.92 Å². The van der Waals surface area contributed by atoms with E-state index in [0.717, 1.165) is 0 Å². The smallest absolute Gasteiger partial charge is 0.326 e. The SMILES string of the molecule is COc1cc(C)c(C(=O)NC(CCOC(C)(C)C)C(=O)O)cc1OC. The van der Waals surface area contributed by atoms with E-state index in [4.69, 9.17) is 14.2 Å². The largest absolute Gasteiger partial charge is 0.493 e. The van der Waals surface area contributed by atoms with Crippen LogP contribution < -0.4 is 14.8 Å². The zero-order valence-corrected chi connectivity index (χ0v) is 15.6. The molecule has 7 nitrogen and oxygen atoms in total. The number of nitrogens with one attached hydrogen (secondary N) is 1. The number of aliphatic carboxylic acids is 1. The Hall–Kier alpha value is -2.28. The van der Waals surface area contributed by atoms with Gasteiger partial charge in [0.25, 0.3) is 5.91 Å². The summed E-state index contributed by atoms with van der Waals surface area (Å²) in [6.45, 7) is 7.62. The first-order valence-corrected chi connectivity index (χ1v) is 7.99. The number of hydrogen-bond donors (Lipinski definition) is 2. The minimum absolute atomic E-state index is 0.171. The van der Waals surface area contributed by atoms with E-state index in [2.05, 4.69) is 5.32 Å². The first-order chi connectivity index (χ1) is 11.6. The summed E-state index contributed by atoms with van der Waals surface area (Å²) in [7, 11) is 2.98. The van der Waals surface area contributed by atoms with Gasteiger partial charge in [-0.25, -0.2) is 4.79 Å². The second-order valence-corrected chi connectivity index (χ2v) is 6.64. The fraction of sp³-hybridized carbons (Fsp3) is 0.556. The Morgan fingerprint density at radius 1 is 1.16 bits per heavy atom. The molecule has 0 saturated heterocycles. The van der Waals surface area contributed by atoms with Gasteiger partial charge < -0.3 is 24.6 Å². The second-order valence-electron chi connectivity index (χ2n) is 6.64. The summed E-state index contributed by atoms with van der Waals surface area (Å²) in [4.78, 5) is 23.9. The summed E-state index contributed by atoms with van der Waals surface area (Å²) < 4.78 is 15.9. The summed E-state index contributed by atoms with van der Waals surface area (Å²) in [5, 5.41) is 11.9. The van der Waals surface area contributed by atoms with E-state index in [1.165, 1.54) is 20.3 Å². The lowest BCUT2D eigenvalue weighted by Gasteiger charge is -2.22. The van der Waals surface area contributed by atoms with Gasteiger partial charge in [0, 0.05) is 18.6 Å². The zero-order valence-electron chi connectivity index (χ0n) is 15.6. The Morgan fingerprint density at radius 2 is 1.72 bits per heavy atom. The molecule has 0 spiro atoms. The van der Waals surface area contributed by atoms with Crippen molar-refractivity contribution in [1.29, 1.82) is 0 Å². The molecule has 0 aliphatic rings. The maximum absolute atomic E-state index is 12.5. The number of carboxylic acid groups (broad SMARTS) is 1. The van der Waals surface area contributed by atoms with E-state index in [1.807, 2.05) is 20.8 Å². The van der Waals surface area contributed by atoms with Crippen LogP contribution in [-0.2, 0) is 9.53 Å². The molecule has 1 atom stereocenters. The van der Waals surface area contributed by atoms with Gasteiger partial charge in [-0.15, -0.1) is 0 Å². The Kier molecular flexibility index (Phi) is 7.23. The molecule has 1 aromatic carbocycles. The monoisotopic (exact) mass is 353 g/mol. The highest BCUT2D eigenvalue weighted by molar-refractivity contribution is 5.98. The fourth-order valence-electron chi connectivity index (χ4n) is 2.20. The maximum atomic E-state index is 12.5. The van der Waals surface area contributed by atoms with Crippen molar-refractivity contribution in [3.63, 3.8) is 0 Å². The number of aryl methyl sites for hydroxylation is 1. The van der Waals surface area contributed by atoms with Gasteiger partial charge in [-0.3, -0.25) is 4.79 Å². The molecular formula is C18H27NO6. The Morgan fingerprint density at radius 3 is 2.20 bits per heavy atom. The van der Waals surface area contributed by atoms with Crippen LogP contribution in [0.5, 0.6) is 11.5 Å². The zero-order chi connectivity index (χ0) is 19.2. The van der Waals surface area contributed by atoms with E-state index >= 15 is 0 Å². The summed E-state index contributed by atoms with van der Waals surface area (Å²) in [5.41, 5.74) is 0.623. The highest BCUT2D eigenvalue weighted by atomic mass is 16.5. The topological polar surface area (TPSA) is 94.1 Å². The van der Waals surface area contributed by atoms with Crippen LogP contribution in [0.3, 0.4) is 0 Å². The van der Waals surface area contributed by atoms with Crippen LogP contribution in [0.25, 0.3) is 0 Å². The Balaban J connectivity index is 2.88. The fourth-order valence-corrected chi connectivity index (χ4v) is 2.20. The van der Waals surface area contributed by atoms with Crippen molar-refractivity contribution in [3.8, 4) is 11.5 Å². The molecule has 1 aromatic rings. The predicted octanol–water partition coefficient (Wildman–Crippen LogP) is 2.40. The van der Waals surface area contributed by atoms with E-state index in [9.17, 15) is 14.7 Å². The summed E-state index contributed by atoms with van der Waals surface area (Å²) in [6, 6.07) is 2.17. The van der Waals surface area contributed by atoms with Crippen molar-refractivity contribution in [2.24, 2.45) is 0 Å². The summed E-state index contributed by atoms with van der Waals surface area (Å²) in [6.07, 6.45) is 0.171. The van der Waals surface area contributed by atoms with Gasteiger partial charge in [0.05, 0.1) is 19.8 Å². The third kappa shape index (κ3) is 6.26. The van der Waals surface area contributed by atoms with E-state index in [-0.39, 0.29) is 18.6 Å². The standard InChI is InChI=1S/C18H27NO6/c1-11-9-14(23-5)15(24-6)10-12(11)16(20)19-13(17(21)22)7-8-25-18(2,3)4/h9-10,13H,7-8H2,1-6H3,(H,19,20)(H,21,22). The molecule has 1 amide bonds. The molecule has 7 heteroatoms. The normalized spacial score (nSPS) is 12.4. The van der Waals surface area contributed by atoms with E-state index < -0.39 is 17.9 Å². The maximum Gasteiger partial charge on any atom is 0.326 e. The van der Waals surface area contributed by atoms with Gasteiger partial charge in [-0.2, -0.15) is 0 Å². The molecule has 0 heterocycles. The minimum Gasteiger partial charge on any atom is -0.493 e. The number of rotatable bonds is 8. The van der Waals surface area contributed by atoms with Gasteiger partial charge >= 0.3 is 5.97 Å². The molecule has 0 bridgehead atoms. The van der Waals surface area contributed by atoms with Crippen molar-refractivity contribution in [3.05, 3.63) is 23.3 Å². The third-order valence-electron chi connectivity index (χ3n) is 3.52. The average Bonchev–Trinajstić information content (AvgIpc) is 2.51. The van der Waals surface area contributed by atoms with E-state index in [1.54, 1.807) is 13.0 Å². The molecule has 0 fully saturated rings. The molecule has 0 aromatic heterocycles. The van der Waals surface area contributed by atoms with Gasteiger partial charge in [0.1, 0.15) is 6.04 Å². The van der Waals surface area contributed by atoms with Crippen LogP contribution in [0.1, 0.15) is 43.1 Å². The summed E-state index contributed by atoms with van der Waals surface area (Å²) in [5.74, 6) is -0.684. The molecule has 0 aliphatic heterocycles. The van der Waals surface area contributed by atoms with Crippen molar-refractivity contribution >= 4 is 11.9 Å². The molecule has 0 radical (unpaired) electrons. The first kappa shape index (κ1) is 20.8. The van der Waals surface area contributed by atoms with Crippen LogP contribution >= 0.6 is 0 Å². The van der Waals surface area contributed by atoms with Crippen molar-refractivity contribution in [2.45, 2.75) is 45.8 Å². The lowest BCUT2D eigenvalue weighted by molar-refractivity contribution is -0.140. The molecule has 1 unspecified atom stereocenters. The van der Waals surface area contributed by atoms with Gasteiger partial charge in [0.2, 0.25) is 0 Å². The minimum atomic E-state index is -1.11. The Bertz CT molecular complexity index is 621. The van der Waals surface area contributed by atoms with Crippen LogP contribution in [-0.4, -0.2) is 49.5 Å². The lowest BCUT2D eigenvalue weighted by atomic mass is 10.1. The van der Waals surface area contributed by atoms with Crippen LogP contribution in [0.4, 0.5) is 0 Å². The number of ether oxygens (including phenoxy) is 3. The number of amides is 1. The van der Waals surface area contributed by atoms with Gasteiger partial charge in [-0.1, -0.05) is 0 Å². The highest BCUT2D eigenvalue weighted by Crippen LogP contribution is 2.30. The number of hydrogen-bond acceptors (Lipinski definition) is 5. The summed E-state index contributed by atoms with van der Waals surface area (Å²) >= 11 is 0. The number of carbonyl (C=O) groups is 2. The number of carboxylic acids is 1. The molecule has 25 heavy (non-hydrogen) atoms. The highest BCUT2D eigenvalue weighted by Gasteiger charge is 2.23. The third-order valence-corrected chi connectivity index (χ3v) is 3.52. The molecule has 0 saturated carbocycles. The molecule has 0 aliphatic carbocycles. The number of methoxy groups -OCH3 is 2. The number of carbonyl (C=O) groups excluding carboxylic acids is 1. The van der Waals surface area contributed by atoms with Crippen molar-refractivity contribution in [2.75, 3.05) is 20.8 Å². The molecular weight excluding hydrogens is 326 g/mol. The van der Waals surface area contributed by atoms with Gasteiger partial charge in [0.15, 0.2) is 11.5 Å². The van der Waals surface area contributed by atoms with Crippen molar-refractivity contribution in [1.82, 2.24) is 5.32 Å². The quantitative estimate of drug-likeness (QED) is 0.745. The Labute approximate surface area is 148 Å². The number of benzene rings is 1. The molecule has 2 N–H and O–H groups in total. The van der Waals surface area contributed by atoms with Crippen molar-refractivity contribution < 1.29 is 28.9 Å². The molecule has 140 valence electrons. The predicted molar refractivity (Wildman–Crippen MR) is 93.5 cm³/mol. The first-order valence-electron chi connectivity index (χ1n) is 7.99. The molecule has 1 rings (SSSR count). The lowest BCUT2D eigenvalue weighted by Crippen LogP contribution is -2.42.